The number of halogens is 1. The lowest BCUT2D eigenvalue weighted by Gasteiger charge is -2.37. The molecule has 1 heterocycles. The van der Waals surface area contributed by atoms with E-state index >= 15 is 0 Å². The summed E-state index contributed by atoms with van der Waals surface area (Å²) < 4.78 is 40.7. The zero-order chi connectivity index (χ0) is 23.9. The van der Waals surface area contributed by atoms with Crippen LogP contribution in [0.1, 0.15) is 29.5 Å². The first-order valence-corrected chi connectivity index (χ1v) is 13.2. The van der Waals surface area contributed by atoms with Gasteiger partial charge in [-0.15, -0.1) is 0 Å². The monoisotopic (exact) mass is 540 g/mol. The summed E-state index contributed by atoms with van der Waals surface area (Å²) in [5.41, 5.74) is 3.58. The predicted octanol–water partition coefficient (Wildman–Crippen LogP) is 6.09. The molecule has 3 aromatic carbocycles. The molecule has 0 saturated heterocycles. The van der Waals surface area contributed by atoms with Crippen molar-refractivity contribution >= 4 is 37.3 Å². The molecule has 5 rings (SSSR count). The van der Waals surface area contributed by atoms with Crippen LogP contribution in [0, 0.1) is 5.92 Å². The summed E-state index contributed by atoms with van der Waals surface area (Å²) in [6.07, 6.45) is 5.34. The number of fused-ring (bicyclic) bond motifs is 3. The van der Waals surface area contributed by atoms with Gasteiger partial charge in [0.15, 0.2) is 11.5 Å². The second-order valence-corrected chi connectivity index (χ2v) is 11.1. The van der Waals surface area contributed by atoms with E-state index in [9.17, 15) is 8.42 Å². The Morgan fingerprint density at radius 3 is 2.59 bits per heavy atom. The molecule has 0 unspecified atom stereocenters. The number of benzene rings is 3. The number of allylic oxidation sites excluding steroid dienone is 2. The van der Waals surface area contributed by atoms with Gasteiger partial charge in [-0.3, -0.25) is 4.72 Å². The van der Waals surface area contributed by atoms with Crippen molar-refractivity contribution in [3.63, 3.8) is 0 Å². The normalized spacial score (nSPS) is 20.7. The molecule has 3 aromatic rings. The first-order chi connectivity index (χ1) is 16.4. The number of hydrogen-bond acceptors (Lipinski definition) is 5. The van der Waals surface area contributed by atoms with E-state index in [4.69, 9.17) is 9.47 Å². The molecular weight excluding hydrogens is 516 g/mol. The van der Waals surface area contributed by atoms with Gasteiger partial charge >= 0.3 is 0 Å². The first-order valence-electron chi connectivity index (χ1n) is 11.0. The van der Waals surface area contributed by atoms with Gasteiger partial charge in [0.25, 0.3) is 10.0 Å². The number of methoxy groups -OCH3 is 2. The molecule has 6 nitrogen and oxygen atoms in total. The van der Waals surface area contributed by atoms with Gasteiger partial charge < -0.3 is 14.8 Å². The van der Waals surface area contributed by atoms with Crippen LogP contribution >= 0.6 is 15.9 Å². The molecule has 2 aliphatic rings. The Hall–Kier alpha value is -2.97. The molecule has 0 aromatic heterocycles. The first kappa shape index (κ1) is 22.8. The van der Waals surface area contributed by atoms with E-state index in [1.165, 1.54) is 19.8 Å². The second kappa shape index (κ2) is 9.00. The molecule has 1 aliphatic heterocycles. The second-order valence-electron chi connectivity index (χ2n) is 8.45. The molecule has 8 heteroatoms. The molecule has 0 amide bonds. The van der Waals surface area contributed by atoms with Crippen LogP contribution in [0.15, 0.2) is 82.2 Å². The van der Waals surface area contributed by atoms with Crippen LogP contribution in [0.25, 0.3) is 0 Å². The van der Waals surface area contributed by atoms with Crippen LogP contribution in [0.3, 0.4) is 0 Å². The maximum Gasteiger partial charge on any atom is 0.261 e. The minimum Gasteiger partial charge on any atom is -0.493 e. The molecule has 34 heavy (non-hydrogen) atoms. The quantitative estimate of drug-likeness (QED) is 0.369. The van der Waals surface area contributed by atoms with Gasteiger partial charge in [-0.05, 0) is 65.9 Å². The van der Waals surface area contributed by atoms with E-state index in [0.717, 1.165) is 22.1 Å². The minimum atomic E-state index is -3.80. The third-order valence-electron chi connectivity index (χ3n) is 6.49. The van der Waals surface area contributed by atoms with Crippen LogP contribution in [-0.2, 0) is 10.0 Å². The van der Waals surface area contributed by atoms with E-state index in [1.807, 2.05) is 18.2 Å². The maximum atomic E-state index is 13.2. The van der Waals surface area contributed by atoms with Crippen LogP contribution < -0.4 is 19.5 Å². The van der Waals surface area contributed by atoms with Crippen LogP contribution in [0.4, 0.5) is 11.4 Å². The van der Waals surface area contributed by atoms with Gasteiger partial charge in [0.1, 0.15) is 0 Å². The molecule has 0 spiro atoms. The highest BCUT2D eigenvalue weighted by Gasteiger charge is 2.38. The Morgan fingerprint density at radius 1 is 1.00 bits per heavy atom. The lowest BCUT2D eigenvalue weighted by molar-refractivity contribution is 0.355. The maximum absolute atomic E-state index is 13.2. The number of sulfonamides is 1. The third-order valence-corrected chi connectivity index (χ3v) is 8.36. The molecule has 3 atom stereocenters. The zero-order valence-corrected chi connectivity index (χ0v) is 21.2. The summed E-state index contributed by atoms with van der Waals surface area (Å²) in [4.78, 5) is 0.225. The van der Waals surface area contributed by atoms with Gasteiger partial charge in [0.05, 0.1) is 30.8 Å². The number of rotatable bonds is 6. The van der Waals surface area contributed by atoms with Crippen molar-refractivity contribution in [2.75, 3.05) is 24.3 Å². The summed E-state index contributed by atoms with van der Waals surface area (Å²) in [5, 5.41) is 3.66. The summed E-state index contributed by atoms with van der Waals surface area (Å²) in [6, 6.07) is 18.7. The summed E-state index contributed by atoms with van der Waals surface area (Å²) in [5.74, 6) is 1.45. The summed E-state index contributed by atoms with van der Waals surface area (Å²) in [6.45, 7) is 0. The summed E-state index contributed by atoms with van der Waals surface area (Å²) >= 11 is 3.58. The van der Waals surface area contributed by atoms with Gasteiger partial charge in [-0.2, -0.15) is 0 Å². The van der Waals surface area contributed by atoms with Gasteiger partial charge in [-0.1, -0.05) is 40.2 Å². The van der Waals surface area contributed by atoms with Crippen molar-refractivity contribution in [2.45, 2.75) is 23.3 Å². The largest absolute Gasteiger partial charge is 0.493 e. The molecular formula is C26H25BrN2O4S. The Labute approximate surface area is 208 Å². The number of anilines is 2. The number of nitrogens with one attached hydrogen (secondary N) is 2. The molecule has 0 bridgehead atoms. The van der Waals surface area contributed by atoms with Gasteiger partial charge in [-0.25, -0.2) is 8.42 Å². The van der Waals surface area contributed by atoms with Gasteiger partial charge in [0.2, 0.25) is 0 Å². The van der Waals surface area contributed by atoms with Crippen molar-refractivity contribution in [3.05, 3.63) is 88.4 Å². The van der Waals surface area contributed by atoms with E-state index in [2.05, 4.69) is 50.3 Å². The lowest BCUT2D eigenvalue weighted by Crippen LogP contribution is -2.29. The average Bonchev–Trinajstić information content (AvgIpc) is 3.33. The topological polar surface area (TPSA) is 76.7 Å². The van der Waals surface area contributed by atoms with Crippen molar-refractivity contribution < 1.29 is 17.9 Å². The van der Waals surface area contributed by atoms with E-state index in [0.29, 0.717) is 23.1 Å². The minimum absolute atomic E-state index is 0.150. The van der Waals surface area contributed by atoms with Crippen molar-refractivity contribution in [3.8, 4) is 11.5 Å². The molecule has 0 radical (unpaired) electrons. The number of hydrogen-bond donors (Lipinski definition) is 2. The fourth-order valence-corrected chi connectivity index (χ4v) is 6.38. The average molecular weight is 541 g/mol. The Balaban J connectivity index is 1.46. The Bertz CT molecular complexity index is 1370. The van der Waals surface area contributed by atoms with Crippen molar-refractivity contribution in [1.29, 1.82) is 0 Å². The van der Waals surface area contributed by atoms with E-state index in [1.54, 1.807) is 30.3 Å². The summed E-state index contributed by atoms with van der Waals surface area (Å²) in [7, 11) is -0.746. The lowest BCUT2D eigenvalue weighted by atomic mass is 9.77. The smallest absolute Gasteiger partial charge is 0.261 e. The highest BCUT2D eigenvalue weighted by atomic mass is 79.9. The fraction of sp³-hybridized carbons (Fsp3) is 0.231. The molecule has 0 saturated carbocycles. The number of ether oxygens (including phenoxy) is 2. The van der Waals surface area contributed by atoms with Crippen LogP contribution in [0.5, 0.6) is 11.5 Å². The van der Waals surface area contributed by atoms with Crippen LogP contribution in [-0.4, -0.2) is 22.6 Å². The van der Waals surface area contributed by atoms with Crippen molar-refractivity contribution in [2.24, 2.45) is 5.92 Å². The third kappa shape index (κ3) is 4.16. The zero-order valence-electron chi connectivity index (χ0n) is 18.8. The Kier molecular flexibility index (Phi) is 6.04. The molecule has 176 valence electrons. The molecule has 0 fully saturated rings. The highest BCUT2D eigenvalue weighted by Crippen LogP contribution is 2.50. The molecule has 1 aliphatic carbocycles. The van der Waals surface area contributed by atoms with Gasteiger partial charge in [0, 0.05) is 22.1 Å². The predicted molar refractivity (Wildman–Crippen MR) is 137 cm³/mol. The van der Waals surface area contributed by atoms with Crippen LogP contribution in [0.2, 0.25) is 0 Å². The van der Waals surface area contributed by atoms with Crippen molar-refractivity contribution in [1.82, 2.24) is 0 Å². The van der Waals surface area contributed by atoms with E-state index in [-0.39, 0.29) is 16.9 Å². The Morgan fingerprint density at radius 2 is 1.82 bits per heavy atom. The standard InChI is InChI=1S/C26H25BrN2O4S/c1-32-24-12-9-18(14-25(24)33-2)29-34(30,31)19-10-11-23-22(15-19)20-7-4-8-21(20)26(28-23)16-5-3-6-17(27)13-16/h3-7,9-15,20-21,26,28-29H,8H2,1-2H3/t20-,21+,26+/m0/s1. The SMILES string of the molecule is COc1ccc(NS(=O)(=O)c2ccc3c(c2)[C@H]2C=CC[C@H]2[C@@H](c2cccc(Br)c2)N3)cc1OC. The fourth-order valence-electron chi connectivity index (χ4n) is 4.88. The highest BCUT2D eigenvalue weighted by molar-refractivity contribution is 9.10. The van der Waals surface area contributed by atoms with E-state index < -0.39 is 10.0 Å². The molecule has 2 N–H and O–H groups in total.